The molecule has 0 spiro atoms. The highest BCUT2D eigenvalue weighted by molar-refractivity contribution is 5.78. The molecule has 0 heterocycles. The lowest BCUT2D eigenvalue weighted by Gasteiger charge is -2.33. The van der Waals surface area contributed by atoms with E-state index in [1.165, 1.54) is 23.1 Å². The van der Waals surface area contributed by atoms with E-state index in [2.05, 4.69) is 32.2 Å². The molecule has 1 saturated carbocycles. The molecule has 0 N–H and O–H groups in total. The van der Waals surface area contributed by atoms with E-state index < -0.39 is 0 Å². The molecular weight excluding hydrogens is 268 g/mol. The van der Waals surface area contributed by atoms with E-state index in [0.29, 0.717) is 17.6 Å². The van der Waals surface area contributed by atoms with E-state index in [1.54, 1.807) is 6.92 Å². The minimum atomic E-state index is 0.105. The van der Waals surface area contributed by atoms with Crippen LogP contribution >= 0.6 is 0 Å². The Hall–Kier alpha value is -1.63. The third-order valence-electron chi connectivity index (χ3n) is 5.13. The summed E-state index contributed by atoms with van der Waals surface area (Å²) >= 11 is 0. The molecule has 1 unspecified atom stereocenters. The van der Waals surface area contributed by atoms with Crippen LogP contribution in [0.25, 0.3) is 0 Å². The maximum Gasteiger partial charge on any atom is 0.133 e. The molecule has 118 valence electrons. The first-order chi connectivity index (χ1) is 10.5. The normalized spacial score (nSPS) is 23.1. The average Bonchev–Trinajstić information content (AvgIpc) is 2.49. The summed E-state index contributed by atoms with van der Waals surface area (Å²) in [6, 6.07) is 10.3. The van der Waals surface area contributed by atoms with Gasteiger partial charge >= 0.3 is 0 Å². The van der Waals surface area contributed by atoms with Gasteiger partial charge in [-0.15, -0.1) is 0 Å². The average molecular weight is 296 g/mol. The van der Waals surface area contributed by atoms with Gasteiger partial charge in [0.25, 0.3) is 0 Å². The van der Waals surface area contributed by atoms with Crippen molar-refractivity contribution in [1.29, 1.82) is 0 Å². The van der Waals surface area contributed by atoms with Gasteiger partial charge in [-0.05, 0) is 63.4 Å². The Morgan fingerprint density at radius 3 is 2.55 bits per heavy atom. The Balaban J connectivity index is 2.05. The summed E-state index contributed by atoms with van der Waals surface area (Å²) < 4.78 is 0. The van der Waals surface area contributed by atoms with Crippen LogP contribution in [0.3, 0.4) is 0 Å². The van der Waals surface area contributed by atoms with Crippen LogP contribution in [0, 0.1) is 17.8 Å². The molecule has 3 atom stereocenters. The van der Waals surface area contributed by atoms with Crippen LogP contribution in [0.2, 0.25) is 0 Å². The molecule has 2 rings (SSSR count). The quantitative estimate of drug-likeness (QED) is 0.645. The highest BCUT2D eigenvalue weighted by Gasteiger charge is 2.28. The number of hydrogen-bond acceptors (Lipinski definition) is 1. The van der Waals surface area contributed by atoms with Crippen molar-refractivity contribution in [3.8, 4) is 0 Å². The van der Waals surface area contributed by atoms with Gasteiger partial charge in [-0.2, -0.15) is 0 Å². The number of carbonyl (C=O) groups is 1. The fourth-order valence-corrected chi connectivity index (χ4v) is 3.54. The van der Waals surface area contributed by atoms with Crippen molar-refractivity contribution >= 4 is 5.78 Å². The number of hydrogen-bond donors (Lipinski definition) is 0. The van der Waals surface area contributed by atoms with E-state index in [4.69, 9.17) is 0 Å². The summed E-state index contributed by atoms with van der Waals surface area (Å²) in [5.74, 6) is 1.47. The van der Waals surface area contributed by atoms with Crippen molar-refractivity contribution in [3.63, 3.8) is 0 Å². The van der Waals surface area contributed by atoms with Crippen LogP contribution in [0.1, 0.15) is 45.1 Å². The number of benzene rings is 1. The molecule has 0 radical (unpaired) electrons. The van der Waals surface area contributed by atoms with Crippen LogP contribution in [0.15, 0.2) is 54.6 Å². The monoisotopic (exact) mass is 296 g/mol. The molecule has 0 aliphatic heterocycles. The van der Waals surface area contributed by atoms with Crippen LogP contribution in [0.4, 0.5) is 0 Å². The Morgan fingerprint density at radius 2 is 1.95 bits per heavy atom. The van der Waals surface area contributed by atoms with Crippen molar-refractivity contribution in [2.75, 3.05) is 0 Å². The van der Waals surface area contributed by atoms with Crippen LogP contribution in [-0.2, 0) is 11.2 Å². The fraction of sp³-hybridized carbons (Fsp3) is 0.476. The van der Waals surface area contributed by atoms with Crippen molar-refractivity contribution in [1.82, 2.24) is 0 Å². The summed E-state index contributed by atoms with van der Waals surface area (Å²) in [6.07, 6.45) is 5.16. The Bertz CT molecular complexity index is 540. The summed E-state index contributed by atoms with van der Waals surface area (Å²) in [7, 11) is 0. The van der Waals surface area contributed by atoms with Gasteiger partial charge in [0.2, 0.25) is 0 Å². The second-order valence-electron chi connectivity index (χ2n) is 6.91. The predicted octanol–water partition coefficient (Wildman–Crippen LogP) is 5.37. The molecule has 22 heavy (non-hydrogen) atoms. The van der Waals surface area contributed by atoms with Gasteiger partial charge in [0.05, 0.1) is 0 Å². The maximum atomic E-state index is 12.1. The lowest BCUT2D eigenvalue weighted by molar-refractivity contribution is -0.121. The van der Waals surface area contributed by atoms with E-state index in [-0.39, 0.29) is 5.92 Å². The van der Waals surface area contributed by atoms with Gasteiger partial charge in [0, 0.05) is 5.92 Å². The number of carbonyl (C=O) groups excluding carboxylic acids is 1. The van der Waals surface area contributed by atoms with Crippen molar-refractivity contribution in [2.45, 2.75) is 46.0 Å². The SMILES string of the molecule is C=C(C)[C@H]1CCC(=C)[C@H](CC(Cc2ccccc2)C(C)=O)C1. The van der Waals surface area contributed by atoms with Gasteiger partial charge in [0.1, 0.15) is 5.78 Å². The minimum Gasteiger partial charge on any atom is -0.300 e. The molecule has 1 fully saturated rings. The topological polar surface area (TPSA) is 17.1 Å². The van der Waals surface area contributed by atoms with Gasteiger partial charge in [-0.3, -0.25) is 4.79 Å². The Kier molecular flexibility index (Phi) is 5.76. The molecule has 0 amide bonds. The zero-order valence-corrected chi connectivity index (χ0v) is 14.0. The number of ketones is 1. The molecule has 1 aromatic rings. The van der Waals surface area contributed by atoms with Crippen molar-refractivity contribution in [3.05, 3.63) is 60.2 Å². The Morgan fingerprint density at radius 1 is 1.27 bits per heavy atom. The largest absolute Gasteiger partial charge is 0.300 e. The second-order valence-corrected chi connectivity index (χ2v) is 6.91. The van der Waals surface area contributed by atoms with E-state index >= 15 is 0 Å². The molecule has 1 aliphatic rings. The number of Topliss-reactive ketones (excluding diaryl/α,β-unsaturated/α-hetero) is 1. The lowest BCUT2D eigenvalue weighted by Crippen LogP contribution is -2.24. The first-order valence-corrected chi connectivity index (χ1v) is 8.34. The van der Waals surface area contributed by atoms with Gasteiger partial charge in [-0.25, -0.2) is 0 Å². The Labute approximate surface area is 135 Å². The third kappa shape index (κ3) is 4.43. The van der Waals surface area contributed by atoms with E-state index in [9.17, 15) is 4.79 Å². The summed E-state index contributed by atoms with van der Waals surface area (Å²) in [4.78, 5) is 12.1. The van der Waals surface area contributed by atoms with E-state index in [1.807, 2.05) is 18.2 Å². The molecule has 1 aromatic carbocycles. The van der Waals surface area contributed by atoms with Crippen molar-refractivity contribution < 1.29 is 4.79 Å². The molecule has 1 nitrogen and oxygen atoms in total. The van der Waals surface area contributed by atoms with Crippen LogP contribution < -0.4 is 0 Å². The second kappa shape index (κ2) is 7.58. The highest BCUT2D eigenvalue weighted by atomic mass is 16.1. The molecule has 1 heteroatoms. The van der Waals surface area contributed by atoms with Crippen LogP contribution in [0.5, 0.6) is 0 Å². The highest BCUT2D eigenvalue weighted by Crippen LogP contribution is 2.39. The number of allylic oxidation sites excluding steroid dienone is 2. The minimum absolute atomic E-state index is 0.105. The first-order valence-electron chi connectivity index (χ1n) is 8.34. The fourth-order valence-electron chi connectivity index (χ4n) is 3.54. The van der Waals surface area contributed by atoms with Gasteiger partial charge < -0.3 is 0 Å². The zero-order chi connectivity index (χ0) is 16.1. The van der Waals surface area contributed by atoms with Gasteiger partial charge in [-0.1, -0.05) is 54.6 Å². The standard InChI is InChI=1S/C21H28O/c1-15(2)19-11-10-16(3)20(13-19)14-21(17(4)22)12-18-8-6-5-7-9-18/h5-9,19-21H,1,3,10-14H2,2,4H3/t19-,20-,21?/m0/s1. The van der Waals surface area contributed by atoms with Crippen molar-refractivity contribution in [2.24, 2.45) is 17.8 Å². The zero-order valence-electron chi connectivity index (χ0n) is 14.0. The summed E-state index contributed by atoms with van der Waals surface area (Å²) in [5.41, 5.74) is 3.86. The van der Waals surface area contributed by atoms with E-state index in [0.717, 1.165) is 25.7 Å². The predicted molar refractivity (Wildman–Crippen MR) is 93.7 cm³/mol. The van der Waals surface area contributed by atoms with Gasteiger partial charge in [0.15, 0.2) is 0 Å². The summed E-state index contributed by atoms with van der Waals surface area (Å²) in [6.45, 7) is 12.3. The first kappa shape index (κ1) is 16.7. The number of rotatable bonds is 6. The molecular formula is C21H28O. The molecule has 0 saturated heterocycles. The lowest BCUT2D eigenvalue weighted by atomic mass is 9.72. The summed E-state index contributed by atoms with van der Waals surface area (Å²) in [5, 5.41) is 0. The molecule has 0 bridgehead atoms. The smallest absolute Gasteiger partial charge is 0.133 e. The molecule has 0 aromatic heterocycles. The third-order valence-corrected chi connectivity index (χ3v) is 5.13. The maximum absolute atomic E-state index is 12.1. The van der Waals surface area contributed by atoms with Crippen LogP contribution in [-0.4, -0.2) is 5.78 Å². The molecule has 1 aliphatic carbocycles.